The van der Waals surface area contributed by atoms with Crippen LogP contribution in [-0.2, 0) is 4.79 Å². The molecule has 6 nitrogen and oxygen atoms in total. The van der Waals surface area contributed by atoms with Crippen molar-refractivity contribution >= 4 is 23.8 Å². The molecule has 1 heterocycles. The Morgan fingerprint density at radius 3 is 2.56 bits per heavy atom. The van der Waals surface area contributed by atoms with Crippen molar-refractivity contribution in [3.05, 3.63) is 0 Å². The van der Waals surface area contributed by atoms with Crippen molar-refractivity contribution < 1.29 is 19.8 Å². The Bertz CT molecular complexity index is 324. The zero-order chi connectivity index (χ0) is 13.9. The number of carboxylic acid groups (broad SMARTS) is 1. The molecule has 0 aromatic heterocycles. The van der Waals surface area contributed by atoms with Gasteiger partial charge < -0.3 is 20.4 Å². The lowest BCUT2D eigenvalue weighted by Crippen LogP contribution is -2.57. The van der Waals surface area contributed by atoms with Crippen LogP contribution in [0.2, 0.25) is 0 Å². The second-order valence-corrected chi connectivity index (χ2v) is 6.00. The van der Waals surface area contributed by atoms with Gasteiger partial charge >= 0.3 is 12.0 Å². The average Bonchev–Trinajstić information content (AvgIpc) is 2.28. The molecule has 1 aliphatic heterocycles. The molecule has 4 atom stereocenters. The van der Waals surface area contributed by atoms with E-state index in [1.807, 2.05) is 13.8 Å². The summed E-state index contributed by atoms with van der Waals surface area (Å²) in [5, 5.41) is 20.9. The number of carbonyl (C=O) groups excluding carboxylic acids is 1. The quantitative estimate of drug-likeness (QED) is 0.692. The summed E-state index contributed by atoms with van der Waals surface area (Å²) in [6.45, 7) is 5.91. The summed E-state index contributed by atoms with van der Waals surface area (Å²) in [6, 6.07) is -1.65. The third-order valence-electron chi connectivity index (χ3n) is 3.17. The number of nitrogens with zero attached hydrogens (tertiary/aromatic N) is 1. The number of carbonyl (C=O) groups is 2. The fourth-order valence-electron chi connectivity index (χ4n) is 1.82. The molecule has 0 spiro atoms. The molecule has 1 rings (SSSR count). The Labute approximate surface area is 111 Å². The van der Waals surface area contributed by atoms with Crippen molar-refractivity contribution in [3.63, 3.8) is 0 Å². The van der Waals surface area contributed by atoms with Gasteiger partial charge in [-0.1, -0.05) is 6.92 Å². The van der Waals surface area contributed by atoms with Crippen LogP contribution >= 0.6 is 11.8 Å². The van der Waals surface area contributed by atoms with Crippen molar-refractivity contribution in [1.82, 2.24) is 10.2 Å². The highest BCUT2D eigenvalue weighted by Crippen LogP contribution is 2.24. The summed E-state index contributed by atoms with van der Waals surface area (Å²) in [5.41, 5.74) is 0. The van der Waals surface area contributed by atoms with Crippen molar-refractivity contribution in [2.24, 2.45) is 0 Å². The number of nitrogens with one attached hydrogen (secondary N) is 1. The third-order valence-corrected chi connectivity index (χ3v) is 4.51. The first-order valence-electron chi connectivity index (χ1n) is 5.94. The van der Waals surface area contributed by atoms with Crippen molar-refractivity contribution in [2.45, 2.75) is 44.2 Å². The largest absolute Gasteiger partial charge is 0.480 e. The molecule has 0 radical (unpaired) electrons. The second-order valence-electron chi connectivity index (χ2n) is 4.52. The highest BCUT2D eigenvalue weighted by molar-refractivity contribution is 8.00. The molecule has 18 heavy (non-hydrogen) atoms. The standard InChI is InChI=1S/C11H20N2O4S/c1-6-8(3)18-5-4-13(6)11(17)12-9(7(2)14)10(15)16/h6-9,14H,4-5H2,1-3H3,(H,12,17)(H,15,16). The van der Waals surface area contributed by atoms with Crippen LogP contribution in [0.25, 0.3) is 0 Å². The molecule has 1 saturated heterocycles. The first kappa shape index (κ1) is 15.1. The second kappa shape index (κ2) is 6.29. The Morgan fingerprint density at radius 1 is 1.44 bits per heavy atom. The Hall–Kier alpha value is -0.950. The Balaban J connectivity index is 2.66. The van der Waals surface area contributed by atoms with E-state index in [1.54, 1.807) is 16.7 Å². The van der Waals surface area contributed by atoms with Gasteiger partial charge in [0, 0.05) is 23.6 Å². The van der Waals surface area contributed by atoms with Crippen LogP contribution in [0.15, 0.2) is 0 Å². The molecule has 4 unspecified atom stereocenters. The van der Waals surface area contributed by atoms with Crippen molar-refractivity contribution in [3.8, 4) is 0 Å². The summed E-state index contributed by atoms with van der Waals surface area (Å²) in [5.74, 6) is -0.392. The minimum Gasteiger partial charge on any atom is -0.480 e. The van der Waals surface area contributed by atoms with Crippen molar-refractivity contribution in [2.75, 3.05) is 12.3 Å². The van der Waals surface area contributed by atoms with E-state index < -0.39 is 24.1 Å². The molecular weight excluding hydrogens is 256 g/mol. The normalized spacial score (nSPS) is 27.4. The van der Waals surface area contributed by atoms with Gasteiger partial charge in [0.05, 0.1) is 6.10 Å². The topological polar surface area (TPSA) is 89.9 Å². The fraction of sp³-hybridized carbons (Fsp3) is 0.818. The fourth-order valence-corrected chi connectivity index (χ4v) is 2.92. The number of rotatable bonds is 3. The number of aliphatic carboxylic acids is 1. The van der Waals surface area contributed by atoms with Crippen LogP contribution in [-0.4, -0.2) is 62.8 Å². The predicted octanol–water partition coefficient (Wildman–Crippen LogP) is 0.356. The molecule has 7 heteroatoms. The van der Waals surface area contributed by atoms with Crippen LogP contribution in [0.4, 0.5) is 4.79 Å². The van der Waals surface area contributed by atoms with Gasteiger partial charge in [-0.25, -0.2) is 9.59 Å². The number of aliphatic hydroxyl groups excluding tert-OH is 1. The minimum absolute atomic E-state index is 0.0483. The van der Waals surface area contributed by atoms with E-state index in [9.17, 15) is 14.7 Å². The summed E-state index contributed by atoms with van der Waals surface area (Å²) in [7, 11) is 0. The van der Waals surface area contributed by atoms with Crippen LogP contribution in [0.5, 0.6) is 0 Å². The molecule has 104 valence electrons. The van der Waals surface area contributed by atoms with E-state index in [0.717, 1.165) is 5.75 Å². The number of aliphatic hydroxyl groups is 1. The molecule has 1 aliphatic rings. The zero-order valence-electron chi connectivity index (χ0n) is 10.8. The number of hydrogen-bond donors (Lipinski definition) is 3. The molecule has 0 saturated carbocycles. The number of hydrogen-bond acceptors (Lipinski definition) is 4. The number of amides is 2. The Kier molecular flexibility index (Phi) is 5.28. The maximum absolute atomic E-state index is 12.0. The predicted molar refractivity (Wildman–Crippen MR) is 69.7 cm³/mol. The lowest BCUT2D eigenvalue weighted by Gasteiger charge is -2.38. The molecule has 2 amide bonds. The van der Waals surface area contributed by atoms with Gasteiger partial charge in [0.25, 0.3) is 0 Å². The highest BCUT2D eigenvalue weighted by Gasteiger charge is 2.32. The monoisotopic (exact) mass is 276 g/mol. The summed E-state index contributed by atoms with van der Waals surface area (Å²) in [6.07, 6.45) is -1.13. The van der Waals surface area contributed by atoms with Gasteiger partial charge in [-0.3, -0.25) is 0 Å². The van der Waals surface area contributed by atoms with E-state index >= 15 is 0 Å². The van der Waals surface area contributed by atoms with E-state index in [0.29, 0.717) is 11.8 Å². The third kappa shape index (κ3) is 3.52. The van der Waals surface area contributed by atoms with Crippen LogP contribution in [0, 0.1) is 0 Å². The van der Waals surface area contributed by atoms with Crippen LogP contribution in [0.1, 0.15) is 20.8 Å². The molecule has 0 aromatic carbocycles. The smallest absolute Gasteiger partial charge is 0.328 e. The van der Waals surface area contributed by atoms with Gasteiger partial charge in [0.1, 0.15) is 0 Å². The molecular formula is C11H20N2O4S. The summed E-state index contributed by atoms with van der Waals surface area (Å²) < 4.78 is 0. The van der Waals surface area contributed by atoms with E-state index in [4.69, 9.17) is 5.11 Å². The van der Waals surface area contributed by atoms with Gasteiger partial charge in [0.15, 0.2) is 6.04 Å². The van der Waals surface area contributed by atoms with E-state index in [1.165, 1.54) is 6.92 Å². The van der Waals surface area contributed by atoms with Gasteiger partial charge in [-0.15, -0.1) is 0 Å². The first-order valence-corrected chi connectivity index (χ1v) is 6.99. The highest BCUT2D eigenvalue weighted by atomic mass is 32.2. The van der Waals surface area contributed by atoms with Crippen LogP contribution in [0.3, 0.4) is 0 Å². The minimum atomic E-state index is -1.27. The van der Waals surface area contributed by atoms with Crippen molar-refractivity contribution in [1.29, 1.82) is 0 Å². The SMILES string of the molecule is CC(O)C(NC(=O)N1CCSC(C)C1C)C(=O)O. The van der Waals surface area contributed by atoms with Gasteiger partial charge in [-0.2, -0.15) is 11.8 Å². The number of carboxylic acids is 1. The lowest BCUT2D eigenvalue weighted by molar-refractivity contribution is -0.141. The maximum Gasteiger partial charge on any atom is 0.328 e. The molecule has 1 fully saturated rings. The van der Waals surface area contributed by atoms with Crippen LogP contribution < -0.4 is 5.32 Å². The number of urea groups is 1. The summed E-state index contributed by atoms with van der Waals surface area (Å²) in [4.78, 5) is 24.5. The van der Waals surface area contributed by atoms with E-state index in [2.05, 4.69) is 5.32 Å². The van der Waals surface area contributed by atoms with Gasteiger partial charge in [0.2, 0.25) is 0 Å². The Morgan fingerprint density at radius 2 is 2.06 bits per heavy atom. The molecule has 0 bridgehead atoms. The molecule has 0 aliphatic carbocycles. The molecule has 3 N–H and O–H groups in total. The summed E-state index contributed by atoms with van der Waals surface area (Å²) >= 11 is 1.79. The first-order chi connectivity index (χ1) is 8.34. The van der Waals surface area contributed by atoms with E-state index in [-0.39, 0.29) is 6.04 Å². The number of thioether (sulfide) groups is 1. The maximum atomic E-state index is 12.0. The molecule has 0 aromatic rings. The average molecular weight is 276 g/mol. The lowest BCUT2D eigenvalue weighted by atomic mass is 10.2. The zero-order valence-corrected chi connectivity index (χ0v) is 11.6. The van der Waals surface area contributed by atoms with Gasteiger partial charge in [-0.05, 0) is 13.8 Å².